The van der Waals surface area contributed by atoms with E-state index in [1.165, 1.54) is 0 Å². The Morgan fingerprint density at radius 3 is 2.09 bits per heavy atom. The van der Waals surface area contributed by atoms with Crippen molar-refractivity contribution in [1.82, 2.24) is 4.90 Å². The lowest BCUT2D eigenvalue weighted by molar-refractivity contribution is 0.142. The van der Waals surface area contributed by atoms with Crippen molar-refractivity contribution in [2.45, 2.75) is 39.8 Å². The van der Waals surface area contributed by atoms with Crippen molar-refractivity contribution in [2.24, 2.45) is 4.99 Å². The van der Waals surface area contributed by atoms with Gasteiger partial charge in [-0.25, -0.2) is 4.99 Å². The summed E-state index contributed by atoms with van der Waals surface area (Å²) in [5.41, 5.74) is 2.78. The number of hydrogen-bond donors (Lipinski definition) is 1. The Bertz CT molecular complexity index is 976. The highest BCUT2D eigenvalue weighted by Crippen LogP contribution is 2.21. The number of rotatable bonds is 9. The Kier molecular flexibility index (Phi) is 8.72. The normalized spacial score (nSPS) is 11.9. The summed E-state index contributed by atoms with van der Waals surface area (Å²) in [4.78, 5) is 7.23. The molecule has 0 radical (unpaired) electrons. The second-order valence-electron chi connectivity index (χ2n) is 8.23. The highest BCUT2D eigenvalue weighted by atomic mass is 35.5. The highest BCUT2D eigenvalue weighted by Gasteiger charge is 2.13. The van der Waals surface area contributed by atoms with Crippen LogP contribution in [-0.4, -0.2) is 36.0 Å². The van der Waals surface area contributed by atoms with Gasteiger partial charge in [0.15, 0.2) is 0 Å². The quantitative estimate of drug-likeness (QED) is 0.281. The van der Waals surface area contributed by atoms with Crippen molar-refractivity contribution < 1.29 is 4.74 Å². The fourth-order valence-corrected chi connectivity index (χ4v) is 3.68. The van der Waals surface area contributed by atoms with Gasteiger partial charge in [-0.2, -0.15) is 0 Å². The van der Waals surface area contributed by atoms with Crippen LogP contribution in [0.4, 0.5) is 11.4 Å². The van der Waals surface area contributed by atoms with Crippen molar-refractivity contribution in [3.63, 3.8) is 0 Å². The first-order valence-corrected chi connectivity index (χ1v) is 11.5. The third-order valence-corrected chi connectivity index (χ3v) is 5.43. The average Bonchev–Trinajstić information content (AvgIpc) is 2.79. The SMILES string of the molecule is CC(C)N(CCOc1ccc(NC(=Nc2ccc(Cl)cc2)c2ccccc2)cc1)C(C)C. The molecule has 0 unspecified atom stereocenters. The third kappa shape index (κ3) is 7.11. The average molecular weight is 450 g/mol. The van der Waals surface area contributed by atoms with Gasteiger partial charge in [-0.05, 0) is 76.2 Å². The number of nitrogens with one attached hydrogen (secondary N) is 1. The van der Waals surface area contributed by atoms with Crippen LogP contribution in [0.15, 0.2) is 83.9 Å². The molecule has 32 heavy (non-hydrogen) atoms. The van der Waals surface area contributed by atoms with E-state index in [0.29, 0.717) is 23.7 Å². The van der Waals surface area contributed by atoms with Gasteiger partial charge in [-0.15, -0.1) is 0 Å². The Morgan fingerprint density at radius 2 is 1.50 bits per heavy atom. The van der Waals surface area contributed by atoms with Crippen molar-refractivity contribution in [3.05, 3.63) is 89.4 Å². The molecule has 0 amide bonds. The van der Waals surface area contributed by atoms with Crippen LogP contribution in [0.5, 0.6) is 5.75 Å². The molecule has 0 aliphatic carbocycles. The summed E-state index contributed by atoms with van der Waals surface area (Å²) in [5.74, 6) is 1.63. The lowest BCUT2D eigenvalue weighted by Gasteiger charge is -2.30. The van der Waals surface area contributed by atoms with Gasteiger partial charge in [0.1, 0.15) is 18.2 Å². The number of amidine groups is 1. The van der Waals surface area contributed by atoms with Crippen LogP contribution in [0, 0.1) is 0 Å². The molecule has 0 aromatic heterocycles. The van der Waals surface area contributed by atoms with Gasteiger partial charge in [0.25, 0.3) is 0 Å². The first-order chi connectivity index (χ1) is 15.4. The smallest absolute Gasteiger partial charge is 0.138 e. The topological polar surface area (TPSA) is 36.9 Å². The van der Waals surface area contributed by atoms with Crippen LogP contribution < -0.4 is 10.1 Å². The molecule has 4 nitrogen and oxygen atoms in total. The largest absolute Gasteiger partial charge is 0.492 e. The Labute approximate surface area is 196 Å². The molecule has 0 bridgehead atoms. The lowest BCUT2D eigenvalue weighted by atomic mass is 10.2. The summed E-state index contributed by atoms with van der Waals surface area (Å²) in [6, 6.07) is 26.6. The molecule has 0 heterocycles. The van der Waals surface area contributed by atoms with Gasteiger partial charge in [-0.1, -0.05) is 41.9 Å². The van der Waals surface area contributed by atoms with Crippen molar-refractivity contribution in [1.29, 1.82) is 0 Å². The van der Waals surface area contributed by atoms with E-state index in [2.05, 4.69) is 37.9 Å². The molecule has 5 heteroatoms. The van der Waals surface area contributed by atoms with Crippen molar-refractivity contribution >= 4 is 28.8 Å². The number of aliphatic imine (C=N–C) groups is 1. The van der Waals surface area contributed by atoms with Gasteiger partial charge >= 0.3 is 0 Å². The Morgan fingerprint density at radius 1 is 0.875 bits per heavy atom. The predicted molar refractivity (Wildman–Crippen MR) is 137 cm³/mol. The predicted octanol–water partition coefficient (Wildman–Crippen LogP) is 7.03. The highest BCUT2D eigenvalue weighted by molar-refractivity contribution is 6.30. The number of nitrogens with zero attached hydrogens (tertiary/aromatic N) is 2. The molecule has 0 saturated heterocycles. The van der Waals surface area contributed by atoms with Gasteiger partial charge in [-0.3, -0.25) is 4.90 Å². The van der Waals surface area contributed by atoms with Gasteiger partial charge in [0, 0.05) is 34.9 Å². The minimum Gasteiger partial charge on any atom is -0.492 e. The monoisotopic (exact) mass is 449 g/mol. The van der Waals surface area contributed by atoms with Gasteiger partial charge in [0.05, 0.1) is 5.69 Å². The Hall–Kier alpha value is -2.82. The maximum atomic E-state index is 6.02. The molecule has 0 spiro atoms. The molecular formula is C27H32ClN3O. The second kappa shape index (κ2) is 11.7. The minimum absolute atomic E-state index is 0.501. The first kappa shape index (κ1) is 23.8. The number of hydrogen-bond acceptors (Lipinski definition) is 3. The van der Waals surface area contributed by atoms with E-state index < -0.39 is 0 Å². The van der Waals surface area contributed by atoms with Gasteiger partial charge < -0.3 is 10.1 Å². The van der Waals surface area contributed by atoms with Crippen molar-refractivity contribution in [2.75, 3.05) is 18.5 Å². The number of halogens is 1. The zero-order valence-corrected chi connectivity index (χ0v) is 20.0. The molecule has 1 N–H and O–H groups in total. The molecule has 0 saturated carbocycles. The molecule has 0 aliphatic heterocycles. The summed E-state index contributed by atoms with van der Waals surface area (Å²) in [5, 5.41) is 4.14. The van der Waals surface area contributed by atoms with E-state index in [-0.39, 0.29) is 0 Å². The molecule has 3 aromatic carbocycles. The molecule has 0 atom stereocenters. The molecule has 0 fully saturated rings. The maximum absolute atomic E-state index is 6.02. The molecule has 168 valence electrons. The summed E-state index contributed by atoms with van der Waals surface area (Å²) < 4.78 is 5.98. The molecule has 3 rings (SSSR count). The third-order valence-electron chi connectivity index (χ3n) is 5.18. The maximum Gasteiger partial charge on any atom is 0.138 e. The van der Waals surface area contributed by atoms with E-state index in [1.807, 2.05) is 78.9 Å². The molecule has 3 aromatic rings. The van der Waals surface area contributed by atoms with E-state index in [4.69, 9.17) is 21.3 Å². The lowest BCUT2D eigenvalue weighted by Crippen LogP contribution is -2.39. The minimum atomic E-state index is 0.501. The zero-order valence-electron chi connectivity index (χ0n) is 19.3. The first-order valence-electron chi connectivity index (χ1n) is 11.1. The zero-order chi connectivity index (χ0) is 22.9. The van der Waals surface area contributed by atoms with Gasteiger partial charge in [0.2, 0.25) is 0 Å². The van der Waals surface area contributed by atoms with Crippen LogP contribution >= 0.6 is 11.6 Å². The molecular weight excluding hydrogens is 418 g/mol. The van der Waals surface area contributed by atoms with E-state index >= 15 is 0 Å². The standard InChI is InChI=1S/C27H32ClN3O/c1-20(2)31(21(3)4)18-19-32-26-16-14-25(15-17-26)30-27(22-8-6-5-7-9-22)29-24-12-10-23(28)11-13-24/h5-17,20-21H,18-19H2,1-4H3,(H,29,30). The number of benzene rings is 3. The fraction of sp³-hybridized carbons (Fsp3) is 0.296. The summed E-state index contributed by atoms with van der Waals surface area (Å²) in [6.45, 7) is 10.4. The summed E-state index contributed by atoms with van der Waals surface area (Å²) in [6.07, 6.45) is 0. The summed E-state index contributed by atoms with van der Waals surface area (Å²) >= 11 is 6.02. The summed E-state index contributed by atoms with van der Waals surface area (Å²) in [7, 11) is 0. The van der Waals surface area contributed by atoms with Crippen LogP contribution in [0.1, 0.15) is 33.3 Å². The van der Waals surface area contributed by atoms with Crippen molar-refractivity contribution in [3.8, 4) is 5.75 Å². The number of anilines is 1. The van der Waals surface area contributed by atoms with E-state index in [9.17, 15) is 0 Å². The van der Waals surface area contributed by atoms with Crippen LogP contribution in [0.2, 0.25) is 5.02 Å². The van der Waals surface area contributed by atoms with E-state index in [0.717, 1.165) is 35.1 Å². The van der Waals surface area contributed by atoms with Crippen LogP contribution in [-0.2, 0) is 0 Å². The van der Waals surface area contributed by atoms with Crippen LogP contribution in [0.3, 0.4) is 0 Å². The van der Waals surface area contributed by atoms with Crippen LogP contribution in [0.25, 0.3) is 0 Å². The number of ether oxygens (including phenoxy) is 1. The molecule has 0 aliphatic rings. The second-order valence-corrected chi connectivity index (χ2v) is 8.66. The van der Waals surface area contributed by atoms with E-state index in [1.54, 1.807) is 0 Å². The fourth-order valence-electron chi connectivity index (χ4n) is 3.56. The Balaban J connectivity index is 1.69.